The van der Waals surface area contributed by atoms with Crippen LogP contribution in [0.15, 0.2) is 24.3 Å². The number of rotatable bonds is 10. The highest BCUT2D eigenvalue weighted by atomic mass is 16.5. The Kier molecular flexibility index (Phi) is 8.01. The third-order valence-electron chi connectivity index (χ3n) is 3.16. The van der Waals surface area contributed by atoms with Crippen LogP contribution in [0.5, 0.6) is 5.75 Å². The van der Waals surface area contributed by atoms with E-state index in [1.165, 1.54) is 0 Å². The van der Waals surface area contributed by atoms with E-state index in [1.807, 2.05) is 38.1 Å². The van der Waals surface area contributed by atoms with Gasteiger partial charge in [0.25, 0.3) is 0 Å². The molecule has 120 valence electrons. The zero-order valence-corrected chi connectivity index (χ0v) is 13.2. The molecule has 0 amide bonds. The van der Waals surface area contributed by atoms with Crippen molar-refractivity contribution in [2.45, 2.75) is 45.7 Å². The van der Waals surface area contributed by atoms with Crippen LogP contribution < -0.4 is 10.1 Å². The Balaban J connectivity index is 2.51. The molecule has 0 saturated carbocycles. The van der Waals surface area contributed by atoms with E-state index in [0.717, 1.165) is 11.3 Å². The Labute approximate surface area is 131 Å². The number of carbonyl (C=O) groups is 1. The second-order valence-corrected chi connectivity index (χ2v) is 5.66. The summed E-state index contributed by atoms with van der Waals surface area (Å²) in [7, 11) is 0. The number of hydrogen-bond acceptors (Lipinski definition) is 4. The van der Waals surface area contributed by atoms with Crippen molar-refractivity contribution in [3.05, 3.63) is 29.8 Å². The van der Waals surface area contributed by atoms with E-state index in [-0.39, 0.29) is 0 Å². The molecule has 1 rings (SSSR count). The summed E-state index contributed by atoms with van der Waals surface area (Å²) in [5, 5.41) is 20.8. The summed E-state index contributed by atoms with van der Waals surface area (Å²) in [5.74, 6) is 0.244. The quantitative estimate of drug-likeness (QED) is 0.649. The first-order valence-electron chi connectivity index (χ1n) is 7.57. The van der Waals surface area contributed by atoms with Crippen molar-refractivity contribution in [1.29, 1.82) is 5.26 Å². The summed E-state index contributed by atoms with van der Waals surface area (Å²) in [4.78, 5) is 11.2. The highest BCUT2D eigenvalue weighted by Gasteiger charge is 2.17. The van der Waals surface area contributed by atoms with Gasteiger partial charge >= 0.3 is 5.97 Å². The summed E-state index contributed by atoms with van der Waals surface area (Å²) in [6.07, 6.45) is 1.78. The maximum atomic E-state index is 11.2. The van der Waals surface area contributed by atoms with Crippen LogP contribution in [0.1, 0.15) is 38.7 Å². The molecule has 0 saturated heterocycles. The molecule has 0 bridgehead atoms. The fourth-order valence-electron chi connectivity index (χ4n) is 2.07. The van der Waals surface area contributed by atoms with E-state index in [1.54, 1.807) is 0 Å². The minimum absolute atomic E-state index is 0.323. The van der Waals surface area contributed by atoms with E-state index in [0.29, 0.717) is 38.3 Å². The summed E-state index contributed by atoms with van der Waals surface area (Å²) in [6.45, 7) is 5.01. The van der Waals surface area contributed by atoms with Gasteiger partial charge in [0.05, 0.1) is 12.7 Å². The molecule has 0 aliphatic carbocycles. The molecular weight excluding hydrogens is 280 g/mol. The van der Waals surface area contributed by atoms with Gasteiger partial charge < -0.3 is 15.2 Å². The number of nitrogens with zero attached hydrogens (tertiary/aromatic N) is 1. The lowest BCUT2D eigenvalue weighted by Crippen LogP contribution is -2.37. The van der Waals surface area contributed by atoms with Crippen LogP contribution in [0.25, 0.3) is 0 Å². The van der Waals surface area contributed by atoms with Crippen LogP contribution in [0.2, 0.25) is 0 Å². The van der Waals surface area contributed by atoms with E-state index in [9.17, 15) is 9.90 Å². The Morgan fingerprint density at radius 1 is 1.45 bits per heavy atom. The summed E-state index contributed by atoms with van der Waals surface area (Å²) < 4.78 is 5.57. The van der Waals surface area contributed by atoms with E-state index in [2.05, 4.69) is 11.4 Å². The van der Waals surface area contributed by atoms with Gasteiger partial charge in [0, 0.05) is 13.0 Å². The van der Waals surface area contributed by atoms with Crippen LogP contribution in [-0.4, -0.2) is 23.7 Å². The van der Waals surface area contributed by atoms with Gasteiger partial charge in [0.1, 0.15) is 11.8 Å². The van der Waals surface area contributed by atoms with Crippen molar-refractivity contribution < 1.29 is 14.6 Å². The first kappa shape index (κ1) is 18.0. The molecule has 0 aromatic heterocycles. The molecule has 1 aromatic carbocycles. The molecule has 5 nitrogen and oxygen atoms in total. The SMILES string of the molecule is CC(C)CC(NCc1cccc(OCCCC#N)c1)C(=O)O. The highest BCUT2D eigenvalue weighted by molar-refractivity contribution is 5.73. The third kappa shape index (κ3) is 7.09. The lowest BCUT2D eigenvalue weighted by molar-refractivity contribution is -0.140. The summed E-state index contributed by atoms with van der Waals surface area (Å²) in [5.41, 5.74) is 0.979. The number of benzene rings is 1. The van der Waals surface area contributed by atoms with Crippen molar-refractivity contribution in [3.8, 4) is 11.8 Å². The lowest BCUT2D eigenvalue weighted by atomic mass is 10.0. The molecular formula is C17H24N2O3. The number of nitriles is 1. The molecule has 1 aromatic rings. The number of carboxylic acid groups (broad SMARTS) is 1. The van der Waals surface area contributed by atoms with Crippen molar-refractivity contribution in [1.82, 2.24) is 5.32 Å². The molecule has 0 radical (unpaired) electrons. The fourth-order valence-corrected chi connectivity index (χ4v) is 2.07. The van der Waals surface area contributed by atoms with Gasteiger partial charge in [-0.15, -0.1) is 0 Å². The average molecular weight is 304 g/mol. The number of hydrogen-bond donors (Lipinski definition) is 2. The van der Waals surface area contributed by atoms with Gasteiger partial charge in [-0.1, -0.05) is 26.0 Å². The van der Waals surface area contributed by atoms with Gasteiger partial charge in [-0.3, -0.25) is 4.79 Å². The molecule has 1 unspecified atom stereocenters. The van der Waals surface area contributed by atoms with E-state index < -0.39 is 12.0 Å². The number of nitrogens with one attached hydrogen (secondary N) is 1. The lowest BCUT2D eigenvalue weighted by Gasteiger charge is -2.16. The monoisotopic (exact) mass is 304 g/mol. The molecule has 0 heterocycles. The normalized spacial score (nSPS) is 11.9. The van der Waals surface area contributed by atoms with Crippen LogP contribution in [0, 0.1) is 17.2 Å². The first-order valence-corrected chi connectivity index (χ1v) is 7.57. The molecule has 1 atom stereocenters. The minimum Gasteiger partial charge on any atom is -0.494 e. The van der Waals surface area contributed by atoms with Gasteiger partial charge in [-0.2, -0.15) is 5.26 Å². The van der Waals surface area contributed by atoms with Gasteiger partial charge in [0.15, 0.2) is 0 Å². The molecule has 0 aliphatic rings. The second kappa shape index (κ2) is 9.80. The van der Waals surface area contributed by atoms with E-state index in [4.69, 9.17) is 10.00 Å². The second-order valence-electron chi connectivity index (χ2n) is 5.66. The zero-order chi connectivity index (χ0) is 16.4. The van der Waals surface area contributed by atoms with Crippen LogP contribution in [-0.2, 0) is 11.3 Å². The zero-order valence-electron chi connectivity index (χ0n) is 13.2. The van der Waals surface area contributed by atoms with Crippen LogP contribution in [0.4, 0.5) is 0 Å². The predicted molar refractivity (Wildman–Crippen MR) is 84.5 cm³/mol. The number of unbranched alkanes of at least 4 members (excludes halogenated alkanes) is 1. The largest absolute Gasteiger partial charge is 0.494 e. The maximum absolute atomic E-state index is 11.2. The van der Waals surface area contributed by atoms with Gasteiger partial charge in [-0.05, 0) is 36.5 Å². The predicted octanol–water partition coefficient (Wildman–Crippen LogP) is 2.96. The first-order chi connectivity index (χ1) is 10.5. The standard InChI is InChI=1S/C17H24N2O3/c1-13(2)10-16(17(20)21)19-12-14-6-5-7-15(11-14)22-9-4-3-8-18/h5-7,11,13,16,19H,3-4,9-10,12H2,1-2H3,(H,20,21). The fraction of sp³-hybridized carbons (Fsp3) is 0.529. The van der Waals surface area contributed by atoms with E-state index >= 15 is 0 Å². The number of carboxylic acids is 1. The maximum Gasteiger partial charge on any atom is 0.320 e. The number of ether oxygens (including phenoxy) is 1. The van der Waals surface area contributed by atoms with Gasteiger partial charge in [-0.25, -0.2) is 0 Å². The van der Waals surface area contributed by atoms with Crippen molar-refractivity contribution in [2.75, 3.05) is 6.61 Å². The van der Waals surface area contributed by atoms with Crippen molar-refractivity contribution >= 4 is 5.97 Å². The molecule has 0 spiro atoms. The number of aliphatic carboxylic acids is 1. The Morgan fingerprint density at radius 3 is 2.86 bits per heavy atom. The van der Waals surface area contributed by atoms with Crippen molar-refractivity contribution in [3.63, 3.8) is 0 Å². The topological polar surface area (TPSA) is 82.3 Å². The molecule has 2 N–H and O–H groups in total. The van der Waals surface area contributed by atoms with Gasteiger partial charge in [0.2, 0.25) is 0 Å². The smallest absolute Gasteiger partial charge is 0.320 e. The Bertz CT molecular complexity index is 509. The minimum atomic E-state index is -0.822. The summed E-state index contributed by atoms with van der Waals surface area (Å²) >= 11 is 0. The molecule has 0 fully saturated rings. The molecule has 5 heteroatoms. The average Bonchev–Trinajstić information content (AvgIpc) is 2.48. The molecule has 0 aliphatic heterocycles. The Morgan fingerprint density at radius 2 is 2.23 bits per heavy atom. The summed E-state index contributed by atoms with van der Waals surface area (Å²) in [6, 6.07) is 9.11. The Hall–Kier alpha value is -2.06. The van der Waals surface area contributed by atoms with Crippen molar-refractivity contribution in [2.24, 2.45) is 5.92 Å². The van der Waals surface area contributed by atoms with Crippen LogP contribution >= 0.6 is 0 Å². The highest BCUT2D eigenvalue weighted by Crippen LogP contribution is 2.14. The third-order valence-corrected chi connectivity index (χ3v) is 3.16. The van der Waals surface area contributed by atoms with Crippen LogP contribution in [0.3, 0.4) is 0 Å². The molecule has 22 heavy (non-hydrogen) atoms.